The summed E-state index contributed by atoms with van der Waals surface area (Å²) in [5.41, 5.74) is 0. The minimum Gasteiger partial charge on any atom is -0.462 e. The first-order valence-electron chi connectivity index (χ1n) is 34.0. The molecule has 0 aliphatic rings. The molecule has 0 aromatic rings. The van der Waals surface area contributed by atoms with Crippen molar-refractivity contribution < 1.29 is 28.6 Å². The van der Waals surface area contributed by atoms with E-state index in [-0.39, 0.29) is 31.1 Å². The number of ether oxygens (including phenoxy) is 3. The van der Waals surface area contributed by atoms with Crippen molar-refractivity contribution in [1.82, 2.24) is 0 Å². The second-order valence-electron chi connectivity index (χ2n) is 22.0. The van der Waals surface area contributed by atoms with Crippen LogP contribution in [0.3, 0.4) is 0 Å². The quantitative estimate of drug-likeness (QED) is 0.0261. The van der Waals surface area contributed by atoms with Gasteiger partial charge in [-0.3, -0.25) is 14.4 Å². The van der Waals surface area contributed by atoms with Gasteiger partial charge in [-0.2, -0.15) is 0 Å². The molecule has 1 atom stereocenters. The summed E-state index contributed by atoms with van der Waals surface area (Å²) < 4.78 is 17.0. The standard InChI is InChI=1S/C77H124O6/c1-4-7-10-13-16-19-22-25-28-31-34-37-38-41-43-46-49-52-55-58-61-64-67-70-76(79)82-73-74(83-77(80)71-68-65-62-59-56-53-50-47-44-40-36-33-30-27-24-21-18-15-12-9-6-3)72-81-75(78)69-66-63-60-57-54-51-48-45-42-39-35-32-29-26-23-20-17-14-11-8-5-2/h7,9-10,12,16,18-19,21,23,25-28,30,32,34-37,40-43,45,47,50,74H,4-6,8,11,13-15,17,20,22,24,29,31,33,38-39,44,46,48-49,51-73H2,1-3H3/b10-7-,12-9-,19-16-,21-18-,26-23-,28-25-,30-27-,35-32-,37-34-,40-36-,43-41-,45-42-,50-47-. The maximum atomic E-state index is 13.0. The smallest absolute Gasteiger partial charge is 0.306 e. The number of allylic oxidation sites excluding steroid dienone is 26. The number of hydrogen-bond acceptors (Lipinski definition) is 6. The molecule has 0 aromatic heterocycles. The Morgan fingerprint density at radius 3 is 0.735 bits per heavy atom. The first-order valence-corrected chi connectivity index (χ1v) is 34.0. The van der Waals surface area contributed by atoms with E-state index >= 15 is 0 Å². The Hall–Kier alpha value is -4.97. The fraction of sp³-hybridized carbons (Fsp3) is 0.623. The SMILES string of the molecule is CC/C=C\C/C=C\C/C=C\C/C=C\C/C=C\CCCCCCCCCC(=O)OCC(COC(=O)CCCCCCCC/C=C\C/C=C\C/C=C\CCCCCCC)OC(=O)CCCCCCC/C=C\C/C=C\C/C=C\C/C=C\C/C=C\CC. The number of carbonyl (C=O) groups excluding carboxylic acids is 3. The molecule has 0 fully saturated rings. The summed E-state index contributed by atoms with van der Waals surface area (Å²) in [7, 11) is 0. The average molecular weight is 1150 g/mol. The molecule has 0 heterocycles. The van der Waals surface area contributed by atoms with Gasteiger partial charge in [0.15, 0.2) is 6.10 Å². The van der Waals surface area contributed by atoms with Gasteiger partial charge in [0.1, 0.15) is 13.2 Å². The molecule has 83 heavy (non-hydrogen) atoms. The highest BCUT2D eigenvalue weighted by molar-refractivity contribution is 5.71. The Labute approximate surface area is 511 Å². The fourth-order valence-electron chi connectivity index (χ4n) is 8.97. The zero-order valence-electron chi connectivity index (χ0n) is 53.7. The monoisotopic (exact) mass is 1140 g/mol. The van der Waals surface area contributed by atoms with Gasteiger partial charge in [-0.05, 0) is 148 Å². The van der Waals surface area contributed by atoms with Crippen LogP contribution in [0.1, 0.15) is 290 Å². The minimum absolute atomic E-state index is 0.103. The summed E-state index contributed by atoms with van der Waals surface area (Å²) in [4.78, 5) is 38.5. The van der Waals surface area contributed by atoms with Crippen molar-refractivity contribution in [3.05, 3.63) is 158 Å². The van der Waals surface area contributed by atoms with E-state index in [1.807, 2.05) is 0 Å². The number of esters is 3. The van der Waals surface area contributed by atoms with Gasteiger partial charge in [-0.1, -0.05) is 281 Å². The van der Waals surface area contributed by atoms with Gasteiger partial charge in [0, 0.05) is 19.3 Å². The van der Waals surface area contributed by atoms with Crippen molar-refractivity contribution in [2.45, 2.75) is 297 Å². The van der Waals surface area contributed by atoms with Gasteiger partial charge in [-0.25, -0.2) is 0 Å². The molecule has 0 saturated carbocycles. The van der Waals surface area contributed by atoms with Crippen molar-refractivity contribution in [2.75, 3.05) is 13.2 Å². The van der Waals surface area contributed by atoms with E-state index in [9.17, 15) is 14.4 Å². The molecule has 0 amide bonds. The molecular formula is C77H124O6. The number of unbranched alkanes of at least 4 members (excludes halogenated alkanes) is 23. The van der Waals surface area contributed by atoms with Gasteiger partial charge in [0.05, 0.1) is 0 Å². The lowest BCUT2D eigenvalue weighted by Gasteiger charge is -2.18. The number of carbonyl (C=O) groups is 3. The van der Waals surface area contributed by atoms with E-state index in [1.165, 1.54) is 77.0 Å². The summed E-state index contributed by atoms with van der Waals surface area (Å²) in [6, 6.07) is 0. The second-order valence-corrected chi connectivity index (χ2v) is 22.0. The lowest BCUT2D eigenvalue weighted by Crippen LogP contribution is -2.30. The first kappa shape index (κ1) is 78.0. The molecular weight excluding hydrogens is 1020 g/mol. The van der Waals surface area contributed by atoms with Gasteiger partial charge < -0.3 is 14.2 Å². The zero-order valence-corrected chi connectivity index (χ0v) is 53.7. The summed E-state index contributed by atoms with van der Waals surface area (Å²) in [6.07, 6.45) is 101. The highest BCUT2D eigenvalue weighted by Gasteiger charge is 2.19. The molecule has 0 aliphatic heterocycles. The largest absolute Gasteiger partial charge is 0.462 e. The maximum Gasteiger partial charge on any atom is 0.306 e. The lowest BCUT2D eigenvalue weighted by molar-refractivity contribution is -0.167. The van der Waals surface area contributed by atoms with Crippen LogP contribution >= 0.6 is 0 Å². The Balaban J connectivity index is 4.51. The summed E-state index contributed by atoms with van der Waals surface area (Å²) in [5, 5.41) is 0. The van der Waals surface area contributed by atoms with E-state index in [4.69, 9.17) is 14.2 Å². The summed E-state index contributed by atoms with van der Waals surface area (Å²) in [5.74, 6) is -0.943. The van der Waals surface area contributed by atoms with Crippen molar-refractivity contribution in [3.8, 4) is 0 Å². The fourth-order valence-corrected chi connectivity index (χ4v) is 8.97. The van der Waals surface area contributed by atoms with Crippen LogP contribution in [0.5, 0.6) is 0 Å². The molecule has 6 heteroatoms. The van der Waals surface area contributed by atoms with Crippen LogP contribution in [-0.4, -0.2) is 37.2 Å². The molecule has 0 spiro atoms. The molecule has 0 aliphatic carbocycles. The van der Waals surface area contributed by atoms with E-state index in [0.29, 0.717) is 19.3 Å². The zero-order chi connectivity index (χ0) is 59.9. The predicted molar refractivity (Wildman–Crippen MR) is 362 cm³/mol. The number of hydrogen-bond donors (Lipinski definition) is 0. The van der Waals surface area contributed by atoms with Crippen LogP contribution in [0.2, 0.25) is 0 Å². The van der Waals surface area contributed by atoms with Gasteiger partial charge in [0.2, 0.25) is 0 Å². The number of rotatable bonds is 60. The summed E-state index contributed by atoms with van der Waals surface area (Å²) >= 11 is 0. The topological polar surface area (TPSA) is 78.9 Å². The van der Waals surface area contributed by atoms with E-state index in [2.05, 4.69) is 179 Å². The van der Waals surface area contributed by atoms with Crippen molar-refractivity contribution in [2.24, 2.45) is 0 Å². The Bertz CT molecular complexity index is 1840. The molecule has 0 rings (SSSR count). The molecule has 0 aromatic carbocycles. The van der Waals surface area contributed by atoms with Crippen LogP contribution in [0, 0.1) is 0 Å². The third kappa shape index (κ3) is 67.7. The van der Waals surface area contributed by atoms with Crippen LogP contribution in [0.4, 0.5) is 0 Å². The molecule has 0 saturated heterocycles. The van der Waals surface area contributed by atoms with Crippen LogP contribution < -0.4 is 0 Å². The van der Waals surface area contributed by atoms with Gasteiger partial charge in [0.25, 0.3) is 0 Å². The Morgan fingerprint density at radius 2 is 0.470 bits per heavy atom. The minimum atomic E-state index is -0.810. The van der Waals surface area contributed by atoms with Crippen LogP contribution in [0.25, 0.3) is 0 Å². The highest BCUT2D eigenvalue weighted by Crippen LogP contribution is 2.15. The molecule has 6 nitrogen and oxygen atoms in total. The average Bonchev–Trinajstić information content (AvgIpc) is 3.49. The van der Waals surface area contributed by atoms with Crippen molar-refractivity contribution in [3.63, 3.8) is 0 Å². The Morgan fingerprint density at radius 1 is 0.253 bits per heavy atom. The maximum absolute atomic E-state index is 13.0. The van der Waals surface area contributed by atoms with E-state index in [0.717, 1.165) is 173 Å². The molecule has 468 valence electrons. The highest BCUT2D eigenvalue weighted by atomic mass is 16.6. The Kier molecular flexibility index (Phi) is 65.4. The van der Waals surface area contributed by atoms with E-state index in [1.54, 1.807) is 0 Å². The van der Waals surface area contributed by atoms with Crippen molar-refractivity contribution in [1.29, 1.82) is 0 Å². The van der Waals surface area contributed by atoms with Crippen LogP contribution in [0.15, 0.2) is 158 Å². The van der Waals surface area contributed by atoms with E-state index < -0.39 is 6.10 Å². The molecule has 1 unspecified atom stereocenters. The molecule has 0 bridgehead atoms. The second kappa shape index (κ2) is 69.5. The first-order chi connectivity index (χ1) is 41.0. The summed E-state index contributed by atoms with van der Waals surface area (Å²) in [6.45, 7) is 6.38. The third-order valence-corrected chi connectivity index (χ3v) is 14.0. The van der Waals surface area contributed by atoms with Crippen LogP contribution in [-0.2, 0) is 28.6 Å². The van der Waals surface area contributed by atoms with Crippen molar-refractivity contribution >= 4 is 17.9 Å². The predicted octanol–water partition coefficient (Wildman–Crippen LogP) is 23.7. The van der Waals surface area contributed by atoms with Gasteiger partial charge in [-0.15, -0.1) is 0 Å². The van der Waals surface area contributed by atoms with Gasteiger partial charge >= 0.3 is 17.9 Å². The molecule has 0 N–H and O–H groups in total. The normalized spacial score (nSPS) is 13.1. The third-order valence-electron chi connectivity index (χ3n) is 14.0. The lowest BCUT2D eigenvalue weighted by atomic mass is 10.1. The molecule has 0 radical (unpaired) electrons.